The predicted octanol–water partition coefficient (Wildman–Crippen LogP) is 1.85. The Labute approximate surface area is 80.6 Å². The van der Waals surface area contributed by atoms with Gasteiger partial charge in [-0.3, -0.25) is 4.79 Å². The van der Waals surface area contributed by atoms with E-state index in [4.69, 9.17) is 10.5 Å². The maximum Gasteiger partial charge on any atom is 0.307 e. The van der Waals surface area contributed by atoms with Crippen molar-refractivity contribution in [2.75, 3.05) is 0 Å². The first-order valence-electron chi connectivity index (χ1n) is 4.91. The number of esters is 1. The van der Waals surface area contributed by atoms with Crippen LogP contribution < -0.4 is 5.73 Å². The van der Waals surface area contributed by atoms with Crippen molar-refractivity contribution in [3.05, 3.63) is 0 Å². The van der Waals surface area contributed by atoms with Gasteiger partial charge in [0.05, 0.1) is 6.42 Å². The molecule has 13 heavy (non-hydrogen) atoms. The van der Waals surface area contributed by atoms with Gasteiger partial charge in [0.25, 0.3) is 0 Å². The molecule has 78 valence electrons. The van der Waals surface area contributed by atoms with Gasteiger partial charge in [-0.05, 0) is 26.7 Å². The first-order chi connectivity index (χ1) is 5.93. The Hall–Kier alpha value is -0.570. The minimum absolute atomic E-state index is 0.120. The Morgan fingerprint density at radius 1 is 1.46 bits per heavy atom. The van der Waals surface area contributed by atoms with Crippen LogP contribution in [0.2, 0.25) is 0 Å². The standard InChI is InChI=1S/C10H21NO2/c1-5-10(4,6-2)13-9(12)7-8(3)11/h8H,5-7,11H2,1-4H3. The summed E-state index contributed by atoms with van der Waals surface area (Å²) in [6, 6.07) is -0.120. The normalized spacial score (nSPS) is 13.9. The number of rotatable bonds is 5. The van der Waals surface area contributed by atoms with Crippen molar-refractivity contribution in [1.29, 1.82) is 0 Å². The molecule has 1 unspecified atom stereocenters. The van der Waals surface area contributed by atoms with Crippen LogP contribution in [0.15, 0.2) is 0 Å². The molecule has 0 aliphatic heterocycles. The molecule has 0 aromatic heterocycles. The molecule has 2 N–H and O–H groups in total. The van der Waals surface area contributed by atoms with Crippen molar-refractivity contribution in [3.8, 4) is 0 Å². The molecule has 0 saturated heterocycles. The number of carbonyl (C=O) groups excluding carboxylic acids is 1. The zero-order valence-corrected chi connectivity index (χ0v) is 9.09. The van der Waals surface area contributed by atoms with Gasteiger partial charge in [0.15, 0.2) is 0 Å². The fourth-order valence-corrected chi connectivity index (χ4v) is 0.974. The van der Waals surface area contributed by atoms with Gasteiger partial charge in [-0.2, -0.15) is 0 Å². The second-order valence-electron chi connectivity index (χ2n) is 3.81. The maximum absolute atomic E-state index is 11.3. The lowest BCUT2D eigenvalue weighted by Crippen LogP contribution is -2.32. The van der Waals surface area contributed by atoms with Crippen LogP contribution in [0.5, 0.6) is 0 Å². The highest BCUT2D eigenvalue weighted by molar-refractivity contribution is 5.70. The molecular formula is C10H21NO2. The number of carbonyl (C=O) groups is 1. The summed E-state index contributed by atoms with van der Waals surface area (Å²) in [6.07, 6.45) is 1.98. The number of hydrogen-bond donors (Lipinski definition) is 1. The van der Waals surface area contributed by atoms with Crippen LogP contribution in [0.1, 0.15) is 47.0 Å². The summed E-state index contributed by atoms with van der Waals surface area (Å²) in [6.45, 7) is 7.79. The van der Waals surface area contributed by atoms with E-state index in [0.717, 1.165) is 12.8 Å². The summed E-state index contributed by atoms with van der Waals surface area (Å²) in [5.41, 5.74) is 5.18. The van der Waals surface area contributed by atoms with E-state index in [1.54, 1.807) is 6.92 Å². The van der Waals surface area contributed by atoms with Gasteiger partial charge in [-0.1, -0.05) is 13.8 Å². The average molecular weight is 187 g/mol. The van der Waals surface area contributed by atoms with Crippen molar-refractivity contribution in [2.24, 2.45) is 5.73 Å². The number of ether oxygens (including phenoxy) is 1. The fraction of sp³-hybridized carbons (Fsp3) is 0.900. The second kappa shape index (κ2) is 5.22. The Kier molecular flexibility index (Phi) is 4.99. The van der Waals surface area contributed by atoms with Gasteiger partial charge in [0.2, 0.25) is 0 Å². The summed E-state index contributed by atoms with van der Waals surface area (Å²) in [5.74, 6) is -0.193. The zero-order valence-electron chi connectivity index (χ0n) is 9.09. The van der Waals surface area contributed by atoms with E-state index >= 15 is 0 Å². The minimum Gasteiger partial charge on any atom is -0.459 e. The highest BCUT2D eigenvalue weighted by Gasteiger charge is 2.24. The van der Waals surface area contributed by atoms with Crippen LogP contribution in [0, 0.1) is 0 Å². The van der Waals surface area contributed by atoms with Crippen LogP contribution in [0.25, 0.3) is 0 Å². The molecular weight excluding hydrogens is 166 g/mol. The van der Waals surface area contributed by atoms with Crippen LogP contribution in [-0.2, 0) is 9.53 Å². The van der Waals surface area contributed by atoms with Gasteiger partial charge >= 0.3 is 5.97 Å². The van der Waals surface area contributed by atoms with E-state index < -0.39 is 0 Å². The van der Waals surface area contributed by atoms with Gasteiger partial charge in [0, 0.05) is 6.04 Å². The van der Waals surface area contributed by atoms with Crippen molar-refractivity contribution in [2.45, 2.75) is 58.6 Å². The molecule has 3 nitrogen and oxygen atoms in total. The fourth-order valence-electron chi connectivity index (χ4n) is 0.974. The Balaban J connectivity index is 4.02. The van der Waals surface area contributed by atoms with Gasteiger partial charge in [0.1, 0.15) is 5.60 Å². The predicted molar refractivity (Wildman–Crippen MR) is 53.3 cm³/mol. The quantitative estimate of drug-likeness (QED) is 0.668. The maximum atomic E-state index is 11.3. The topological polar surface area (TPSA) is 52.3 Å². The van der Waals surface area contributed by atoms with Crippen molar-refractivity contribution < 1.29 is 9.53 Å². The lowest BCUT2D eigenvalue weighted by atomic mass is 10.00. The van der Waals surface area contributed by atoms with Gasteiger partial charge in [-0.25, -0.2) is 0 Å². The van der Waals surface area contributed by atoms with E-state index in [2.05, 4.69) is 0 Å². The third-order valence-electron chi connectivity index (χ3n) is 2.34. The van der Waals surface area contributed by atoms with E-state index in [1.807, 2.05) is 20.8 Å². The van der Waals surface area contributed by atoms with E-state index in [9.17, 15) is 4.79 Å². The molecule has 1 atom stereocenters. The molecule has 0 spiro atoms. The van der Waals surface area contributed by atoms with Crippen LogP contribution >= 0.6 is 0 Å². The number of hydrogen-bond acceptors (Lipinski definition) is 3. The smallest absolute Gasteiger partial charge is 0.307 e. The Morgan fingerprint density at radius 2 is 1.92 bits per heavy atom. The Bertz CT molecular complexity index is 162. The summed E-state index contributed by atoms with van der Waals surface area (Å²) in [4.78, 5) is 11.3. The monoisotopic (exact) mass is 187 g/mol. The summed E-state index contributed by atoms with van der Waals surface area (Å²) in [7, 11) is 0. The first-order valence-corrected chi connectivity index (χ1v) is 4.91. The van der Waals surface area contributed by atoms with Crippen molar-refractivity contribution in [3.63, 3.8) is 0 Å². The molecule has 0 rings (SSSR count). The van der Waals surface area contributed by atoms with Crippen LogP contribution in [0.4, 0.5) is 0 Å². The molecule has 0 aromatic carbocycles. The average Bonchev–Trinajstić information content (AvgIpc) is 2.02. The van der Waals surface area contributed by atoms with E-state index in [0.29, 0.717) is 6.42 Å². The number of nitrogens with two attached hydrogens (primary N) is 1. The van der Waals surface area contributed by atoms with Gasteiger partial charge in [-0.15, -0.1) is 0 Å². The SMILES string of the molecule is CCC(C)(CC)OC(=O)CC(C)N. The Morgan fingerprint density at radius 3 is 2.23 bits per heavy atom. The summed E-state index contributed by atoms with van der Waals surface area (Å²) >= 11 is 0. The molecule has 0 bridgehead atoms. The lowest BCUT2D eigenvalue weighted by Gasteiger charge is -2.27. The van der Waals surface area contributed by atoms with Crippen LogP contribution in [0.3, 0.4) is 0 Å². The zero-order chi connectivity index (χ0) is 10.5. The minimum atomic E-state index is -0.314. The van der Waals surface area contributed by atoms with Crippen molar-refractivity contribution in [1.82, 2.24) is 0 Å². The lowest BCUT2D eigenvalue weighted by molar-refractivity contribution is -0.159. The molecule has 0 radical (unpaired) electrons. The first kappa shape index (κ1) is 12.4. The molecule has 0 amide bonds. The largest absolute Gasteiger partial charge is 0.459 e. The van der Waals surface area contributed by atoms with E-state index in [-0.39, 0.29) is 17.6 Å². The highest BCUT2D eigenvalue weighted by Crippen LogP contribution is 2.20. The third kappa shape index (κ3) is 4.88. The molecule has 0 aliphatic rings. The van der Waals surface area contributed by atoms with Crippen LogP contribution in [-0.4, -0.2) is 17.6 Å². The summed E-state index contributed by atoms with van der Waals surface area (Å²) in [5, 5.41) is 0. The highest BCUT2D eigenvalue weighted by atomic mass is 16.6. The molecule has 0 fully saturated rings. The molecule has 0 aliphatic carbocycles. The van der Waals surface area contributed by atoms with Crippen molar-refractivity contribution >= 4 is 5.97 Å². The molecule has 0 saturated carbocycles. The second-order valence-corrected chi connectivity index (χ2v) is 3.81. The molecule has 3 heteroatoms. The summed E-state index contributed by atoms with van der Waals surface area (Å²) < 4.78 is 5.33. The molecule has 0 heterocycles. The molecule has 0 aromatic rings. The van der Waals surface area contributed by atoms with E-state index in [1.165, 1.54) is 0 Å². The third-order valence-corrected chi connectivity index (χ3v) is 2.34. The van der Waals surface area contributed by atoms with Gasteiger partial charge < -0.3 is 10.5 Å².